The summed E-state index contributed by atoms with van der Waals surface area (Å²) in [6.07, 6.45) is 3.15. The normalized spacial score (nSPS) is 9.48. The van der Waals surface area contributed by atoms with Crippen molar-refractivity contribution in [3.8, 4) is 28.7 Å². The quantitative estimate of drug-likeness (QED) is 0.104. The van der Waals surface area contributed by atoms with E-state index in [1.165, 1.54) is 53.1 Å². The van der Waals surface area contributed by atoms with Gasteiger partial charge >= 0.3 is 7.12 Å². The fraction of sp³-hybridized carbons (Fsp3) is 0.150. The molecule has 0 aliphatic heterocycles. The van der Waals surface area contributed by atoms with Crippen LogP contribution in [0, 0.1) is 11.6 Å². The van der Waals surface area contributed by atoms with Gasteiger partial charge in [-0.05, 0) is 78.3 Å². The Hall–Kier alpha value is -6.11. The standard InChI is InChI=1S/C19H16FNO3.C13H13NO3.C6H6BFO2.2CH4.B.H2/c20-15-6-8-16(9-7-15)21-11-10-18(14-19(21)22)24-13-12-23-17-4-2-1-3-5-17;15-13-10-12(6-7-14-13)17-9-8-16-11-4-2-1-3-5-11;8-6-3-1-5(2-4-6)7(9)10;;;;/h1-11,14H,12-13H2;1-7,10H,8-9H2,(H,14,15);1-4,9-10H;2*1H4;;1H/i;;;;;;1+1. The molecule has 0 aliphatic rings. The summed E-state index contributed by atoms with van der Waals surface area (Å²) in [4.78, 5) is 25.6. The van der Waals surface area contributed by atoms with Gasteiger partial charge in [-0.3, -0.25) is 14.2 Å². The third-order valence-corrected chi connectivity index (χ3v) is 6.64. The highest BCUT2D eigenvalue weighted by Gasteiger charge is 2.09. The maximum atomic E-state index is 12.9. The van der Waals surface area contributed by atoms with Gasteiger partial charge in [0.25, 0.3) is 11.1 Å². The highest BCUT2D eigenvalue weighted by molar-refractivity contribution is 6.58. The molecule has 2 aromatic heterocycles. The summed E-state index contributed by atoms with van der Waals surface area (Å²) in [5.41, 5.74) is 0.469. The summed E-state index contributed by atoms with van der Waals surface area (Å²) in [7, 11) is -1.51. The van der Waals surface area contributed by atoms with E-state index in [-0.39, 0.29) is 47.4 Å². The Balaban J connectivity index is 0.000000829. The third-order valence-electron chi connectivity index (χ3n) is 6.64. The number of hydrogen-bond donors (Lipinski definition) is 3. The number of H-pyrrole nitrogens is 1. The molecule has 0 amide bonds. The van der Waals surface area contributed by atoms with Crippen LogP contribution in [0.4, 0.5) is 8.78 Å². The van der Waals surface area contributed by atoms with Crippen molar-refractivity contribution in [2.24, 2.45) is 0 Å². The van der Waals surface area contributed by atoms with Gasteiger partial charge in [0.15, 0.2) is 0 Å². The van der Waals surface area contributed by atoms with Gasteiger partial charge in [-0.1, -0.05) is 63.4 Å². The Morgan fingerprint density at radius 3 is 1.48 bits per heavy atom. The Morgan fingerprint density at radius 1 is 0.593 bits per heavy atom. The molecule has 54 heavy (non-hydrogen) atoms. The Bertz CT molecular complexity index is 2010. The lowest BCUT2D eigenvalue weighted by atomic mass is 9.80. The average molecular weight is 742 g/mol. The van der Waals surface area contributed by atoms with Gasteiger partial charge in [-0.15, -0.1) is 0 Å². The van der Waals surface area contributed by atoms with Crippen molar-refractivity contribution in [3.63, 3.8) is 0 Å². The molecule has 4 aromatic carbocycles. The fourth-order valence-corrected chi connectivity index (χ4v) is 4.19. The first-order valence-electron chi connectivity index (χ1n) is 15.7. The summed E-state index contributed by atoms with van der Waals surface area (Å²) in [6, 6.07) is 35.8. The van der Waals surface area contributed by atoms with E-state index in [2.05, 4.69) is 4.98 Å². The van der Waals surface area contributed by atoms with Crippen LogP contribution in [0.15, 0.2) is 155 Å². The predicted molar refractivity (Wildman–Crippen MR) is 211 cm³/mol. The van der Waals surface area contributed by atoms with Gasteiger partial charge in [0, 0.05) is 40.1 Å². The van der Waals surface area contributed by atoms with E-state index in [4.69, 9.17) is 29.0 Å². The van der Waals surface area contributed by atoms with E-state index < -0.39 is 7.12 Å². The summed E-state index contributed by atoms with van der Waals surface area (Å²) >= 11 is 0. The van der Waals surface area contributed by atoms with Crippen LogP contribution in [0.2, 0.25) is 0 Å². The third kappa shape index (κ3) is 16.5. The smallest absolute Gasteiger partial charge is 0.488 e. The van der Waals surface area contributed by atoms with Gasteiger partial charge in [0.2, 0.25) is 0 Å². The van der Waals surface area contributed by atoms with Crippen molar-refractivity contribution in [3.05, 3.63) is 178 Å². The molecule has 0 spiro atoms. The molecule has 6 rings (SSSR count). The highest BCUT2D eigenvalue weighted by atomic mass is 19.1. The SMILES string of the molecule is C.C.O=c1cc(OCCOc2ccccc2)cc[nH]1.O=c1cc(OCCOc2ccccc2)ccn1-c1ccc(F)cc1.OB(O)c1ccc(F)cc1.[2HH].[B]. The van der Waals surface area contributed by atoms with Gasteiger partial charge in [-0.25, -0.2) is 8.78 Å². The van der Waals surface area contributed by atoms with Crippen molar-refractivity contribution in [1.82, 2.24) is 9.55 Å². The zero-order valence-electron chi connectivity index (χ0n) is 27.9. The Labute approximate surface area is 317 Å². The second-order valence-corrected chi connectivity index (χ2v) is 10.4. The number of pyridine rings is 2. The maximum absolute atomic E-state index is 12.9. The number of para-hydroxylation sites is 2. The molecule has 0 fully saturated rings. The molecule has 0 atom stereocenters. The first-order valence-corrected chi connectivity index (χ1v) is 15.7. The second-order valence-electron chi connectivity index (χ2n) is 10.4. The molecule has 0 unspecified atom stereocenters. The lowest BCUT2D eigenvalue weighted by molar-refractivity contribution is 0.217. The summed E-state index contributed by atoms with van der Waals surface area (Å²) < 4.78 is 48.4. The van der Waals surface area contributed by atoms with Crippen LogP contribution in [0.1, 0.15) is 16.3 Å². The lowest BCUT2D eigenvalue weighted by Crippen LogP contribution is -2.29. The van der Waals surface area contributed by atoms with E-state index >= 15 is 0 Å². The molecule has 0 saturated carbocycles. The highest BCUT2D eigenvalue weighted by Crippen LogP contribution is 2.12. The number of nitrogens with one attached hydrogen (secondary N) is 1. The summed E-state index contributed by atoms with van der Waals surface area (Å²) in [6.45, 7) is 1.55. The monoisotopic (exact) mass is 742 g/mol. The predicted octanol–water partition coefficient (Wildman–Crippen LogP) is 5.91. The molecule has 0 aliphatic carbocycles. The molecule has 14 heteroatoms. The van der Waals surface area contributed by atoms with Gasteiger partial charge in [0.1, 0.15) is 61.1 Å². The molecule has 3 radical (unpaired) electrons. The van der Waals surface area contributed by atoms with E-state index in [1.54, 1.807) is 36.7 Å². The lowest BCUT2D eigenvalue weighted by Gasteiger charge is -2.10. The zero-order chi connectivity index (χ0) is 36.3. The number of hydrogen-bond acceptors (Lipinski definition) is 8. The number of rotatable bonds is 12. The van der Waals surface area contributed by atoms with E-state index in [0.29, 0.717) is 49.1 Å². The van der Waals surface area contributed by atoms with Crippen LogP contribution in [0.3, 0.4) is 0 Å². The number of nitrogens with zero attached hydrogens (tertiary/aromatic N) is 1. The van der Waals surface area contributed by atoms with Crippen molar-refractivity contribution in [2.75, 3.05) is 26.4 Å². The van der Waals surface area contributed by atoms with Gasteiger partial charge < -0.3 is 34.0 Å². The molecule has 0 bridgehead atoms. The van der Waals surface area contributed by atoms with Crippen LogP contribution >= 0.6 is 0 Å². The first kappa shape index (κ1) is 45.9. The molecule has 2 heterocycles. The number of halogens is 2. The summed E-state index contributed by atoms with van der Waals surface area (Å²) in [5, 5.41) is 17.1. The maximum Gasteiger partial charge on any atom is 0.488 e. The van der Waals surface area contributed by atoms with Crippen LogP contribution in [0.5, 0.6) is 23.0 Å². The molecule has 6 aromatic rings. The molecule has 3 N–H and O–H groups in total. The van der Waals surface area contributed by atoms with E-state index in [0.717, 1.165) is 11.5 Å². The van der Waals surface area contributed by atoms with E-state index in [1.807, 2.05) is 60.7 Å². The van der Waals surface area contributed by atoms with Crippen molar-refractivity contribution in [1.29, 1.82) is 0 Å². The average Bonchev–Trinajstić information content (AvgIpc) is 3.14. The minimum Gasteiger partial charge on any atom is -0.490 e. The van der Waals surface area contributed by atoms with Crippen molar-refractivity contribution >= 4 is 21.0 Å². The Morgan fingerprint density at radius 2 is 1.04 bits per heavy atom. The number of aromatic amines is 1. The molecule has 283 valence electrons. The molecular formula is C40H45B2F2N2O8. The minimum absolute atomic E-state index is 0. The van der Waals surface area contributed by atoms with Gasteiger partial charge in [-0.2, -0.15) is 0 Å². The van der Waals surface area contributed by atoms with Crippen LogP contribution in [-0.2, 0) is 0 Å². The molecule has 0 saturated heterocycles. The first-order chi connectivity index (χ1) is 24.8. The van der Waals surface area contributed by atoms with Crippen molar-refractivity contribution in [2.45, 2.75) is 14.9 Å². The number of aromatic nitrogens is 2. The molecular weight excluding hydrogens is 696 g/mol. The fourth-order valence-electron chi connectivity index (χ4n) is 4.19. The number of benzene rings is 4. The number of ether oxygens (including phenoxy) is 4. The largest absolute Gasteiger partial charge is 0.490 e. The van der Waals surface area contributed by atoms with Gasteiger partial charge in [0.05, 0.1) is 0 Å². The minimum atomic E-state index is -1.51. The van der Waals surface area contributed by atoms with Crippen molar-refractivity contribution < 1.29 is 39.2 Å². The van der Waals surface area contributed by atoms with E-state index in [9.17, 15) is 18.4 Å². The van der Waals surface area contributed by atoms with Crippen LogP contribution in [0.25, 0.3) is 5.69 Å². The zero-order valence-corrected chi connectivity index (χ0v) is 27.9. The Kier molecular flexibility index (Phi) is 21.2. The molecule has 10 nitrogen and oxygen atoms in total. The van der Waals surface area contributed by atoms with Crippen LogP contribution < -0.4 is 35.5 Å². The van der Waals surface area contributed by atoms with Crippen LogP contribution in [-0.4, -0.2) is 61.6 Å². The topological polar surface area (TPSA) is 132 Å². The second kappa shape index (κ2) is 25.0. The summed E-state index contributed by atoms with van der Waals surface area (Å²) in [5.74, 6) is 1.87.